The number of nitrogens with zero attached hydrogens (tertiary/aromatic N) is 2. The summed E-state index contributed by atoms with van der Waals surface area (Å²) < 4.78 is 7.26. The predicted octanol–water partition coefficient (Wildman–Crippen LogP) is 5.41. The van der Waals surface area contributed by atoms with Crippen molar-refractivity contribution in [1.82, 2.24) is 9.47 Å². The standard InChI is InChI=1S/C27H32N2O3/c1-17-10-9-13-23(14-17)28-18(2)15-21(19(28)3)16-24-25(27(31)32-5)20(4)29(26(24)30)22-11-7-6-8-12-22/h9-10,13-16,22H,6-8,11-12H2,1-5H3/b24-16-. The van der Waals surface area contributed by atoms with Crippen LogP contribution in [0.15, 0.2) is 47.2 Å². The van der Waals surface area contributed by atoms with Gasteiger partial charge in [0.2, 0.25) is 0 Å². The summed E-state index contributed by atoms with van der Waals surface area (Å²) in [4.78, 5) is 28.1. The molecule has 2 heterocycles. The van der Waals surface area contributed by atoms with Crippen LogP contribution in [0, 0.1) is 20.8 Å². The molecule has 1 aliphatic carbocycles. The quantitative estimate of drug-likeness (QED) is 0.480. The number of aryl methyl sites for hydroxylation is 2. The zero-order valence-corrected chi connectivity index (χ0v) is 19.7. The van der Waals surface area contributed by atoms with Crippen molar-refractivity contribution in [2.45, 2.75) is 65.8 Å². The number of hydrogen-bond donors (Lipinski definition) is 0. The SMILES string of the molecule is COC(=O)C1=C(C)N(C2CCCCC2)C(=O)/C1=C\c1cc(C)n(-c2cccc(C)c2)c1C. The van der Waals surface area contributed by atoms with E-state index in [1.807, 2.05) is 24.0 Å². The van der Waals surface area contributed by atoms with Gasteiger partial charge in [0, 0.05) is 28.8 Å². The molecule has 0 radical (unpaired) electrons. The van der Waals surface area contributed by atoms with E-state index in [1.54, 1.807) is 0 Å². The summed E-state index contributed by atoms with van der Waals surface area (Å²) in [6.07, 6.45) is 7.27. The molecule has 0 saturated heterocycles. The van der Waals surface area contributed by atoms with E-state index in [0.717, 1.165) is 48.3 Å². The molecule has 0 spiro atoms. The second-order valence-corrected chi connectivity index (χ2v) is 8.98. The molecule has 1 saturated carbocycles. The van der Waals surface area contributed by atoms with Crippen LogP contribution < -0.4 is 0 Å². The number of methoxy groups -OCH3 is 1. The number of carbonyl (C=O) groups excluding carboxylic acids is 2. The summed E-state index contributed by atoms with van der Waals surface area (Å²) in [6, 6.07) is 10.6. The summed E-state index contributed by atoms with van der Waals surface area (Å²) in [6.45, 7) is 8.06. The van der Waals surface area contributed by atoms with Crippen LogP contribution in [-0.4, -0.2) is 34.5 Å². The van der Waals surface area contributed by atoms with E-state index >= 15 is 0 Å². The van der Waals surface area contributed by atoms with Gasteiger partial charge in [-0.3, -0.25) is 4.79 Å². The maximum absolute atomic E-state index is 13.6. The average molecular weight is 433 g/mol. The predicted molar refractivity (Wildman–Crippen MR) is 126 cm³/mol. The Labute approximate surface area is 190 Å². The molecule has 2 aliphatic rings. The third kappa shape index (κ3) is 3.81. The minimum Gasteiger partial charge on any atom is -0.465 e. The highest BCUT2D eigenvalue weighted by Crippen LogP contribution is 2.37. The third-order valence-electron chi connectivity index (χ3n) is 6.80. The van der Waals surface area contributed by atoms with Crippen LogP contribution >= 0.6 is 0 Å². The number of rotatable bonds is 4. The van der Waals surface area contributed by atoms with E-state index in [2.05, 4.69) is 49.6 Å². The fourth-order valence-corrected chi connectivity index (χ4v) is 5.23. The molecule has 1 amide bonds. The van der Waals surface area contributed by atoms with E-state index in [-0.39, 0.29) is 11.9 Å². The van der Waals surface area contributed by atoms with Crippen molar-refractivity contribution in [1.29, 1.82) is 0 Å². The second-order valence-electron chi connectivity index (χ2n) is 8.98. The summed E-state index contributed by atoms with van der Waals surface area (Å²) in [7, 11) is 1.37. The summed E-state index contributed by atoms with van der Waals surface area (Å²) in [5, 5.41) is 0. The van der Waals surface area contributed by atoms with Crippen molar-refractivity contribution in [3.63, 3.8) is 0 Å². The van der Waals surface area contributed by atoms with Gasteiger partial charge in [0.15, 0.2) is 0 Å². The number of carbonyl (C=O) groups is 2. The second kappa shape index (κ2) is 8.81. The molecule has 5 nitrogen and oxygen atoms in total. The molecule has 1 aliphatic heterocycles. The van der Waals surface area contributed by atoms with Crippen molar-refractivity contribution in [3.05, 3.63) is 69.7 Å². The highest BCUT2D eigenvalue weighted by Gasteiger charge is 2.40. The molecular weight excluding hydrogens is 400 g/mol. The number of amides is 1. The first kappa shape index (κ1) is 22.1. The molecule has 0 bridgehead atoms. The average Bonchev–Trinajstić information content (AvgIpc) is 3.19. The fourth-order valence-electron chi connectivity index (χ4n) is 5.23. The maximum Gasteiger partial charge on any atom is 0.340 e. The molecular formula is C27H32N2O3. The lowest BCUT2D eigenvalue weighted by Crippen LogP contribution is -2.37. The Bertz CT molecular complexity index is 1130. The molecule has 0 N–H and O–H groups in total. The molecule has 1 fully saturated rings. The van der Waals surface area contributed by atoms with Gasteiger partial charge < -0.3 is 14.2 Å². The van der Waals surface area contributed by atoms with Crippen LogP contribution in [0.25, 0.3) is 11.8 Å². The van der Waals surface area contributed by atoms with Crippen molar-refractivity contribution < 1.29 is 14.3 Å². The van der Waals surface area contributed by atoms with Crippen LogP contribution in [0.3, 0.4) is 0 Å². The van der Waals surface area contributed by atoms with E-state index < -0.39 is 5.97 Å². The van der Waals surface area contributed by atoms with E-state index in [1.165, 1.54) is 19.1 Å². The first-order valence-electron chi connectivity index (χ1n) is 11.4. The lowest BCUT2D eigenvalue weighted by molar-refractivity contribution is -0.136. The molecule has 168 valence electrons. The number of hydrogen-bond acceptors (Lipinski definition) is 3. The number of allylic oxidation sites excluding steroid dienone is 1. The molecule has 0 atom stereocenters. The zero-order chi connectivity index (χ0) is 23.0. The van der Waals surface area contributed by atoms with Gasteiger partial charge >= 0.3 is 5.97 Å². The van der Waals surface area contributed by atoms with E-state index in [0.29, 0.717) is 16.8 Å². The van der Waals surface area contributed by atoms with Crippen molar-refractivity contribution in [2.75, 3.05) is 7.11 Å². The first-order valence-corrected chi connectivity index (χ1v) is 11.4. The molecule has 32 heavy (non-hydrogen) atoms. The minimum absolute atomic E-state index is 0.0878. The van der Waals surface area contributed by atoms with Gasteiger partial charge in [-0.25, -0.2) is 4.79 Å². The van der Waals surface area contributed by atoms with E-state index in [4.69, 9.17) is 4.74 Å². The van der Waals surface area contributed by atoms with Gasteiger partial charge in [-0.1, -0.05) is 31.4 Å². The highest BCUT2D eigenvalue weighted by atomic mass is 16.5. The van der Waals surface area contributed by atoms with Gasteiger partial charge in [-0.15, -0.1) is 0 Å². The van der Waals surface area contributed by atoms with Crippen LogP contribution in [0.4, 0.5) is 0 Å². The lowest BCUT2D eigenvalue weighted by Gasteiger charge is -2.32. The molecule has 4 rings (SSSR count). The van der Waals surface area contributed by atoms with Gasteiger partial charge in [0.25, 0.3) is 5.91 Å². The number of ether oxygens (including phenoxy) is 1. The lowest BCUT2D eigenvalue weighted by atomic mass is 9.94. The molecule has 0 unspecified atom stereocenters. The minimum atomic E-state index is -0.451. The first-order chi connectivity index (χ1) is 15.3. The topological polar surface area (TPSA) is 51.5 Å². The Morgan fingerprint density at radius 3 is 2.44 bits per heavy atom. The zero-order valence-electron chi connectivity index (χ0n) is 19.7. The summed E-state index contributed by atoms with van der Waals surface area (Å²) in [5.74, 6) is -0.539. The number of aromatic nitrogens is 1. The van der Waals surface area contributed by atoms with Crippen LogP contribution in [-0.2, 0) is 14.3 Å². The Morgan fingerprint density at radius 2 is 1.78 bits per heavy atom. The maximum atomic E-state index is 13.6. The summed E-state index contributed by atoms with van der Waals surface area (Å²) in [5.41, 5.74) is 6.87. The van der Waals surface area contributed by atoms with E-state index in [9.17, 15) is 9.59 Å². The Kier molecular flexibility index (Phi) is 6.09. The monoisotopic (exact) mass is 432 g/mol. The Balaban J connectivity index is 1.79. The van der Waals surface area contributed by atoms with Gasteiger partial charge in [0.05, 0.1) is 18.3 Å². The largest absolute Gasteiger partial charge is 0.465 e. The van der Waals surface area contributed by atoms with Gasteiger partial charge in [-0.05, 0) is 75.9 Å². The fraction of sp³-hybridized carbons (Fsp3) is 0.407. The Hall–Kier alpha value is -3.08. The molecule has 5 heteroatoms. The van der Waals surface area contributed by atoms with Crippen LogP contribution in [0.5, 0.6) is 0 Å². The molecule has 1 aromatic heterocycles. The van der Waals surface area contributed by atoms with Gasteiger partial charge in [0.1, 0.15) is 0 Å². The van der Waals surface area contributed by atoms with Crippen molar-refractivity contribution >= 4 is 18.0 Å². The third-order valence-corrected chi connectivity index (χ3v) is 6.80. The molecule has 1 aromatic carbocycles. The number of benzene rings is 1. The Morgan fingerprint density at radius 1 is 1.06 bits per heavy atom. The van der Waals surface area contributed by atoms with Crippen LogP contribution in [0.2, 0.25) is 0 Å². The smallest absolute Gasteiger partial charge is 0.340 e. The normalized spacial score (nSPS) is 18.7. The van der Waals surface area contributed by atoms with Crippen molar-refractivity contribution in [3.8, 4) is 5.69 Å². The number of esters is 1. The summed E-state index contributed by atoms with van der Waals surface area (Å²) >= 11 is 0. The van der Waals surface area contributed by atoms with Crippen LogP contribution in [0.1, 0.15) is 61.5 Å². The van der Waals surface area contributed by atoms with Gasteiger partial charge in [-0.2, -0.15) is 0 Å². The molecule has 2 aromatic rings. The highest BCUT2D eigenvalue weighted by molar-refractivity contribution is 6.16. The van der Waals surface area contributed by atoms with Crippen molar-refractivity contribution in [2.24, 2.45) is 0 Å².